The third kappa shape index (κ3) is 4.05. The molecule has 8 heteroatoms. The zero-order valence-electron chi connectivity index (χ0n) is 11.6. The van der Waals surface area contributed by atoms with Crippen molar-refractivity contribution < 1.29 is 23.1 Å². The monoisotopic (exact) mass is 330 g/mol. The molecule has 1 aromatic heterocycles. The van der Waals surface area contributed by atoms with Crippen LogP contribution >= 0.6 is 11.3 Å². The lowest BCUT2D eigenvalue weighted by atomic mass is 10.1. The molecule has 0 amide bonds. The largest absolute Gasteiger partial charge is 0.476 e. The predicted molar refractivity (Wildman–Crippen MR) is 75.7 cm³/mol. The third-order valence-electron chi connectivity index (χ3n) is 2.94. The van der Waals surface area contributed by atoms with Crippen LogP contribution in [0.1, 0.15) is 26.6 Å². The Balaban J connectivity index is 2.09. The molecule has 1 heterocycles. The van der Waals surface area contributed by atoms with Gasteiger partial charge in [0, 0.05) is 11.9 Å². The van der Waals surface area contributed by atoms with Crippen molar-refractivity contribution in [3.05, 3.63) is 51.5 Å². The third-order valence-corrected chi connectivity index (χ3v) is 3.77. The summed E-state index contributed by atoms with van der Waals surface area (Å²) < 4.78 is 38.8. The van der Waals surface area contributed by atoms with E-state index in [1.807, 2.05) is 0 Å². The van der Waals surface area contributed by atoms with Gasteiger partial charge < -0.3 is 5.11 Å². The molecule has 0 unspecified atom stereocenters. The van der Waals surface area contributed by atoms with E-state index < -0.39 is 17.7 Å². The summed E-state index contributed by atoms with van der Waals surface area (Å²) in [7, 11) is 1.66. The minimum Gasteiger partial charge on any atom is -0.476 e. The molecule has 0 saturated carbocycles. The standard InChI is InChI=1S/C14H13F3N2O2S/c1-19(7-12-18-11(8-22-12)13(20)21)6-9-4-2-3-5-10(9)14(15,16)17/h2-5,8H,6-7H2,1H3,(H,20,21). The van der Waals surface area contributed by atoms with E-state index in [9.17, 15) is 18.0 Å². The topological polar surface area (TPSA) is 53.4 Å². The number of hydrogen-bond acceptors (Lipinski definition) is 4. The summed E-state index contributed by atoms with van der Waals surface area (Å²) in [4.78, 5) is 16.3. The van der Waals surface area contributed by atoms with Crippen LogP contribution in [0, 0.1) is 0 Å². The number of hydrogen-bond donors (Lipinski definition) is 1. The van der Waals surface area contributed by atoms with Crippen molar-refractivity contribution in [2.45, 2.75) is 19.3 Å². The lowest BCUT2D eigenvalue weighted by Crippen LogP contribution is -2.20. The number of nitrogens with zero attached hydrogens (tertiary/aromatic N) is 2. The Morgan fingerprint density at radius 1 is 1.32 bits per heavy atom. The van der Waals surface area contributed by atoms with Gasteiger partial charge in [0.2, 0.25) is 0 Å². The molecule has 0 saturated heterocycles. The summed E-state index contributed by atoms with van der Waals surface area (Å²) in [6.45, 7) is 0.377. The van der Waals surface area contributed by atoms with Gasteiger partial charge in [-0.1, -0.05) is 18.2 Å². The molecule has 0 bridgehead atoms. The normalized spacial score (nSPS) is 11.9. The number of carboxylic acids is 1. The average Bonchev–Trinajstić information content (AvgIpc) is 2.86. The Kier molecular flexibility index (Phi) is 4.82. The van der Waals surface area contributed by atoms with Gasteiger partial charge in [-0.2, -0.15) is 13.2 Å². The van der Waals surface area contributed by atoms with E-state index in [0.717, 1.165) is 6.07 Å². The molecule has 2 aromatic rings. The molecule has 22 heavy (non-hydrogen) atoms. The minimum atomic E-state index is -4.39. The van der Waals surface area contributed by atoms with E-state index in [2.05, 4.69) is 4.98 Å². The SMILES string of the molecule is CN(Cc1nc(C(=O)O)cs1)Cc1ccccc1C(F)(F)F. The second-order valence-corrected chi connectivity index (χ2v) is 5.70. The van der Waals surface area contributed by atoms with Gasteiger partial charge in [-0.15, -0.1) is 11.3 Å². The molecular formula is C14H13F3N2O2S. The number of aromatic carboxylic acids is 1. The summed E-state index contributed by atoms with van der Waals surface area (Å²) >= 11 is 1.17. The zero-order valence-corrected chi connectivity index (χ0v) is 12.4. The number of alkyl halides is 3. The van der Waals surface area contributed by atoms with Crippen LogP contribution in [0.4, 0.5) is 13.2 Å². The molecule has 0 atom stereocenters. The number of carboxylic acid groups (broad SMARTS) is 1. The van der Waals surface area contributed by atoms with Crippen LogP contribution in [0.3, 0.4) is 0 Å². The molecule has 0 fully saturated rings. The minimum absolute atomic E-state index is 0.0518. The van der Waals surface area contributed by atoms with Crippen molar-refractivity contribution in [2.24, 2.45) is 0 Å². The molecule has 0 radical (unpaired) electrons. The van der Waals surface area contributed by atoms with Crippen molar-refractivity contribution in [1.82, 2.24) is 9.88 Å². The number of carbonyl (C=O) groups is 1. The molecule has 1 aromatic carbocycles. The van der Waals surface area contributed by atoms with Gasteiger partial charge in [0.1, 0.15) is 5.01 Å². The van der Waals surface area contributed by atoms with E-state index in [1.165, 1.54) is 28.8 Å². The number of rotatable bonds is 5. The number of benzene rings is 1. The molecule has 0 aliphatic rings. The lowest BCUT2D eigenvalue weighted by Gasteiger charge is -2.18. The molecular weight excluding hydrogens is 317 g/mol. The first-order valence-corrected chi connectivity index (χ1v) is 7.16. The van der Waals surface area contributed by atoms with E-state index in [4.69, 9.17) is 5.11 Å². The zero-order chi connectivity index (χ0) is 16.3. The molecule has 0 spiro atoms. The number of halogens is 3. The van der Waals surface area contributed by atoms with Gasteiger partial charge in [0.25, 0.3) is 0 Å². The summed E-state index contributed by atoms with van der Waals surface area (Å²) in [6, 6.07) is 5.40. The Labute approximate surface area is 128 Å². The summed E-state index contributed by atoms with van der Waals surface area (Å²) in [5.74, 6) is -1.12. The quantitative estimate of drug-likeness (QED) is 0.912. The highest BCUT2D eigenvalue weighted by Gasteiger charge is 2.33. The smallest absolute Gasteiger partial charge is 0.416 e. The Morgan fingerprint density at radius 3 is 2.59 bits per heavy atom. The second-order valence-electron chi connectivity index (χ2n) is 4.76. The summed E-state index contributed by atoms with van der Waals surface area (Å²) in [5, 5.41) is 10.8. The van der Waals surface area contributed by atoms with Crippen molar-refractivity contribution in [3.8, 4) is 0 Å². The van der Waals surface area contributed by atoms with Crippen molar-refractivity contribution in [1.29, 1.82) is 0 Å². The maximum atomic E-state index is 12.9. The molecule has 0 aliphatic heterocycles. The molecule has 4 nitrogen and oxygen atoms in total. The molecule has 2 rings (SSSR count). The summed E-state index contributed by atoms with van der Waals surface area (Å²) in [5.41, 5.74) is -0.538. The van der Waals surface area contributed by atoms with Crippen molar-refractivity contribution in [2.75, 3.05) is 7.05 Å². The highest BCUT2D eigenvalue weighted by atomic mass is 32.1. The number of thiazole rings is 1. The number of aromatic nitrogens is 1. The second kappa shape index (κ2) is 6.45. The van der Waals surface area contributed by atoms with Crippen molar-refractivity contribution in [3.63, 3.8) is 0 Å². The molecule has 118 valence electrons. The van der Waals surface area contributed by atoms with Crippen LogP contribution in [0.5, 0.6) is 0 Å². The fourth-order valence-electron chi connectivity index (χ4n) is 1.99. The highest BCUT2D eigenvalue weighted by Crippen LogP contribution is 2.32. The summed E-state index contributed by atoms with van der Waals surface area (Å²) in [6.07, 6.45) is -4.39. The van der Waals surface area contributed by atoms with E-state index >= 15 is 0 Å². The Hall–Kier alpha value is -1.93. The maximum absolute atomic E-state index is 12.9. The lowest BCUT2D eigenvalue weighted by molar-refractivity contribution is -0.138. The van der Waals surface area contributed by atoms with Crippen LogP contribution in [-0.2, 0) is 19.3 Å². The van der Waals surface area contributed by atoms with Gasteiger partial charge in [-0.3, -0.25) is 4.90 Å². The van der Waals surface area contributed by atoms with Crippen LogP contribution in [-0.4, -0.2) is 28.0 Å². The molecule has 0 aliphatic carbocycles. The predicted octanol–water partition coefficient (Wildman–Crippen LogP) is 3.49. The van der Waals surface area contributed by atoms with E-state index in [-0.39, 0.29) is 24.3 Å². The first kappa shape index (κ1) is 16.4. The Morgan fingerprint density at radius 2 is 2.00 bits per heavy atom. The Bertz CT molecular complexity index is 670. The van der Waals surface area contributed by atoms with Gasteiger partial charge >= 0.3 is 12.1 Å². The van der Waals surface area contributed by atoms with E-state index in [1.54, 1.807) is 18.0 Å². The maximum Gasteiger partial charge on any atom is 0.416 e. The first-order valence-electron chi connectivity index (χ1n) is 6.28. The van der Waals surface area contributed by atoms with Crippen molar-refractivity contribution >= 4 is 17.3 Å². The van der Waals surface area contributed by atoms with Crippen LogP contribution in [0.2, 0.25) is 0 Å². The van der Waals surface area contributed by atoms with Gasteiger partial charge in [0.05, 0.1) is 12.1 Å². The fraction of sp³-hybridized carbons (Fsp3) is 0.286. The van der Waals surface area contributed by atoms with Crippen LogP contribution in [0.15, 0.2) is 29.6 Å². The fourth-order valence-corrected chi connectivity index (χ4v) is 2.84. The van der Waals surface area contributed by atoms with E-state index in [0.29, 0.717) is 5.01 Å². The molecule has 1 N–H and O–H groups in total. The van der Waals surface area contributed by atoms with Crippen LogP contribution < -0.4 is 0 Å². The van der Waals surface area contributed by atoms with Crippen LogP contribution in [0.25, 0.3) is 0 Å². The average molecular weight is 330 g/mol. The first-order chi connectivity index (χ1) is 10.3. The van der Waals surface area contributed by atoms with Gasteiger partial charge in [-0.05, 0) is 18.7 Å². The van der Waals surface area contributed by atoms with Gasteiger partial charge in [-0.25, -0.2) is 9.78 Å². The van der Waals surface area contributed by atoms with Gasteiger partial charge in [0.15, 0.2) is 5.69 Å². The highest BCUT2D eigenvalue weighted by molar-refractivity contribution is 7.09.